The number of carboxylic acid groups (broad SMARTS) is 1. The highest BCUT2D eigenvalue weighted by atomic mass is 16.4. The van der Waals surface area contributed by atoms with Crippen LogP contribution in [0.25, 0.3) is 0 Å². The van der Waals surface area contributed by atoms with Gasteiger partial charge >= 0.3 is 5.97 Å². The molecule has 3 nitrogen and oxygen atoms in total. The highest BCUT2D eigenvalue weighted by molar-refractivity contribution is 5.68. The Morgan fingerprint density at radius 2 is 1.36 bits per heavy atom. The van der Waals surface area contributed by atoms with Gasteiger partial charge in [-0.25, -0.2) is 0 Å². The highest BCUT2D eigenvalue weighted by Crippen LogP contribution is 2.06. The van der Waals surface area contributed by atoms with E-state index in [4.69, 9.17) is 5.11 Å². The lowest BCUT2D eigenvalue weighted by Crippen LogP contribution is -2.10. The van der Waals surface area contributed by atoms with Gasteiger partial charge in [-0.2, -0.15) is 0 Å². The minimum absolute atomic E-state index is 0.278. The van der Waals surface area contributed by atoms with Crippen molar-refractivity contribution >= 4 is 5.97 Å². The molecule has 0 saturated heterocycles. The van der Waals surface area contributed by atoms with Crippen molar-refractivity contribution in [2.45, 2.75) is 20.8 Å². The molecule has 1 aromatic rings. The summed E-state index contributed by atoms with van der Waals surface area (Å²) in [5.41, 5.74) is 8.63. The van der Waals surface area contributed by atoms with E-state index in [1.54, 1.807) is 0 Å². The van der Waals surface area contributed by atoms with E-state index in [1.807, 2.05) is 0 Å². The van der Waals surface area contributed by atoms with E-state index in [0.717, 1.165) is 0 Å². The Balaban J connectivity index is 0.000000292. The highest BCUT2D eigenvalue weighted by Gasteiger charge is 1.87. The third-order valence-corrected chi connectivity index (χ3v) is 1.54. The molecule has 3 N–H and O–H groups in total. The van der Waals surface area contributed by atoms with Crippen LogP contribution in [0.1, 0.15) is 16.7 Å². The lowest BCUT2D eigenvalue weighted by Gasteiger charge is -1.96. The van der Waals surface area contributed by atoms with Gasteiger partial charge in [0.1, 0.15) is 0 Å². The van der Waals surface area contributed by atoms with Crippen LogP contribution in [0.4, 0.5) is 0 Å². The molecule has 0 aromatic heterocycles. The van der Waals surface area contributed by atoms with Crippen LogP contribution in [0, 0.1) is 20.8 Å². The maximum absolute atomic E-state index is 9.24. The zero-order valence-corrected chi connectivity index (χ0v) is 8.87. The lowest BCUT2D eigenvalue weighted by molar-refractivity contribution is -0.135. The Morgan fingerprint density at radius 3 is 1.50 bits per heavy atom. The molecule has 78 valence electrons. The average molecular weight is 195 g/mol. The number of carboxylic acids is 1. The summed E-state index contributed by atoms with van der Waals surface area (Å²) in [6.45, 7) is 6.10. The lowest BCUT2D eigenvalue weighted by atomic mass is 10.1. The standard InChI is InChI=1S/C9H12.C2H5NO2/c1-7-4-8(2)6-9(3)5-7;3-1-2(4)5/h4-6H,1-3H3;1,3H2,(H,4,5). The van der Waals surface area contributed by atoms with E-state index < -0.39 is 5.97 Å². The second kappa shape index (κ2) is 6.16. The van der Waals surface area contributed by atoms with Gasteiger partial charge in [0, 0.05) is 0 Å². The molecule has 0 heterocycles. The minimum atomic E-state index is -0.968. The fourth-order valence-electron chi connectivity index (χ4n) is 1.20. The Morgan fingerprint density at radius 1 is 1.14 bits per heavy atom. The molecular weight excluding hydrogens is 178 g/mol. The van der Waals surface area contributed by atoms with Gasteiger partial charge in [-0.15, -0.1) is 0 Å². The Kier molecular flexibility index (Phi) is 5.56. The summed E-state index contributed by atoms with van der Waals surface area (Å²) in [6.07, 6.45) is 0. The van der Waals surface area contributed by atoms with Crippen molar-refractivity contribution in [2.75, 3.05) is 6.54 Å². The first-order valence-electron chi connectivity index (χ1n) is 4.42. The zero-order chi connectivity index (χ0) is 11.1. The van der Waals surface area contributed by atoms with Crippen molar-refractivity contribution < 1.29 is 9.90 Å². The summed E-state index contributed by atoms with van der Waals surface area (Å²) in [4.78, 5) is 9.24. The predicted octanol–water partition coefficient (Wildman–Crippen LogP) is 1.64. The van der Waals surface area contributed by atoms with Gasteiger partial charge in [0.05, 0.1) is 6.54 Å². The van der Waals surface area contributed by atoms with Crippen molar-refractivity contribution in [3.63, 3.8) is 0 Å². The second-order valence-electron chi connectivity index (χ2n) is 3.26. The summed E-state index contributed by atoms with van der Waals surface area (Å²) in [7, 11) is 0. The predicted molar refractivity (Wildman–Crippen MR) is 57.3 cm³/mol. The number of hydrogen-bond donors (Lipinski definition) is 2. The number of aryl methyl sites for hydroxylation is 3. The molecule has 0 fully saturated rings. The van der Waals surface area contributed by atoms with Gasteiger partial charge in [0.2, 0.25) is 0 Å². The fraction of sp³-hybridized carbons (Fsp3) is 0.364. The molecule has 3 heteroatoms. The van der Waals surface area contributed by atoms with Crippen LogP contribution in [0.5, 0.6) is 0 Å². The van der Waals surface area contributed by atoms with Crippen molar-refractivity contribution in [2.24, 2.45) is 5.73 Å². The molecule has 0 radical (unpaired) electrons. The van der Waals surface area contributed by atoms with Crippen molar-refractivity contribution in [1.29, 1.82) is 0 Å². The van der Waals surface area contributed by atoms with Crippen LogP contribution in [0.2, 0.25) is 0 Å². The molecule has 0 aliphatic carbocycles. The molecule has 1 rings (SSSR count). The van der Waals surface area contributed by atoms with Gasteiger partial charge in [-0.3, -0.25) is 4.79 Å². The first-order chi connectivity index (χ1) is 6.45. The molecule has 0 aliphatic rings. The number of hydrogen-bond acceptors (Lipinski definition) is 2. The van der Waals surface area contributed by atoms with Gasteiger partial charge in [-0.1, -0.05) is 34.9 Å². The maximum atomic E-state index is 9.24. The second-order valence-corrected chi connectivity index (χ2v) is 3.26. The fourth-order valence-corrected chi connectivity index (χ4v) is 1.20. The molecule has 1 aromatic carbocycles. The van der Waals surface area contributed by atoms with E-state index in [9.17, 15) is 4.79 Å². The van der Waals surface area contributed by atoms with Gasteiger partial charge in [-0.05, 0) is 20.8 Å². The Bertz CT molecular complexity index is 258. The van der Waals surface area contributed by atoms with E-state index >= 15 is 0 Å². The van der Waals surface area contributed by atoms with E-state index in [-0.39, 0.29) is 6.54 Å². The number of nitrogens with two attached hydrogens (primary N) is 1. The monoisotopic (exact) mass is 195 g/mol. The van der Waals surface area contributed by atoms with Gasteiger partial charge in [0.25, 0.3) is 0 Å². The van der Waals surface area contributed by atoms with Gasteiger partial charge < -0.3 is 10.8 Å². The van der Waals surface area contributed by atoms with Crippen LogP contribution in [-0.2, 0) is 4.79 Å². The van der Waals surface area contributed by atoms with Gasteiger partial charge in [0.15, 0.2) is 0 Å². The Hall–Kier alpha value is -1.35. The molecule has 0 bridgehead atoms. The van der Waals surface area contributed by atoms with Crippen molar-refractivity contribution in [3.05, 3.63) is 34.9 Å². The van der Waals surface area contributed by atoms with E-state index in [1.165, 1.54) is 16.7 Å². The molecule has 0 aliphatic heterocycles. The van der Waals surface area contributed by atoms with Crippen molar-refractivity contribution in [1.82, 2.24) is 0 Å². The molecule has 14 heavy (non-hydrogen) atoms. The normalized spacial score (nSPS) is 8.86. The molecule has 0 unspecified atom stereocenters. The number of aliphatic carboxylic acids is 1. The first-order valence-corrected chi connectivity index (χ1v) is 4.42. The minimum Gasteiger partial charge on any atom is -0.480 e. The summed E-state index contributed by atoms with van der Waals surface area (Å²) in [6, 6.07) is 6.56. The smallest absolute Gasteiger partial charge is 0.317 e. The van der Waals surface area contributed by atoms with Crippen LogP contribution in [0.3, 0.4) is 0 Å². The topological polar surface area (TPSA) is 63.3 Å². The van der Waals surface area contributed by atoms with Crippen LogP contribution in [-0.4, -0.2) is 17.6 Å². The summed E-state index contributed by atoms with van der Waals surface area (Å²) >= 11 is 0. The quantitative estimate of drug-likeness (QED) is 0.716. The van der Waals surface area contributed by atoms with Crippen LogP contribution in [0.15, 0.2) is 18.2 Å². The largest absolute Gasteiger partial charge is 0.480 e. The molecule has 0 saturated carbocycles. The number of rotatable bonds is 1. The number of carbonyl (C=O) groups is 1. The van der Waals surface area contributed by atoms with E-state index in [0.29, 0.717) is 0 Å². The Labute approximate surface area is 84.6 Å². The third kappa shape index (κ3) is 6.20. The molecule has 0 spiro atoms. The molecular formula is C11H17NO2. The molecule has 0 atom stereocenters. The maximum Gasteiger partial charge on any atom is 0.317 e. The summed E-state index contributed by atoms with van der Waals surface area (Å²) in [5.74, 6) is -0.968. The average Bonchev–Trinajstić information content (AvgIpc) is 2.02. The first kappa shape index (κ1) is 12.7. The summed E-state index contributed by atoms with van der Waals surface area (Å²) < 4.78 is 0. The molecule has 0 amide bonds. The van der Waals surface area contributed by atoms with Crippen molar-refractivity contribution in [3.8, 4) is 0 Å². The SMILES string of the molecule is Cc1cc(C)cc(C)c1.NCC(=O)O. The number of benzene rings is 1. The van der Waals surface area contributed by atoms with Crippen LogP contribution < -0.4 is 5.73 Å². The summed E-state index contributed by atoms with van der Waals surface area (Å²) in [5, 5.41) is 7.60. The van der Waals surface area contributed by atoms with Crippen LogP contribution >= 0.6 is 0 Å². The zero-order valence-electron chi connectivity index (χ0n) is 8.87. The van der Waals surface area contributed by atoms with E-state index in [2.05, 4.69) is 44.7 Å². The third-order valence-electron chi connectivity index (χ3n) is 1.54.